The summed E-state index contributed by atoms with van der Waals surface area (Å²) in [5.74, 6) is 0.363. The number of hydrogen-bond donors (Lipinski definition) is 1. The van der Waals surface area contributed by atoms with Crippen molar-refractivity contribution in [2.45, 2.75) is 12.5 Å². The third-order valence-electron chi connectivity index (χ3n) is 3.88. The average molecular weight is 505 g/mol. The molecule has 3 unspecified atom stereocenters. The molecule has 2 heterocycles. The van der Waals surface area contributed by atoms with Crippen LogP contribution in [-0.2, 0) is 4.79 Å². The molecule has 4 nitrogen and oxygen atoms in total. The molecule has 1 amide bonds. The van der Waals surface area contributed by atoms with Crippen molar-refractivity contribution in [1.29, 1.82) is 0 Å². The Morgan fingerprint density at radius 2 is 2.14 bits per heavy atom. The third kappa shape index (κ3) is 4.54. The predicted octanol–water partition coefficient (Wildman–Crippen LogP) is 1.12. The maximum absolute atomic E-state index is 11.7. The molecular formula is C16H17N3OU. The van der Waals surface area contributed by atoms with Crippen molar-refractivity contribution in [3.05, 3.63) is 48.2 Å². The molecule has 0 spiro atoms. The second-order valence-electron chi connectivity index (χ2n) is 5.27. The number of amides is 1. The molecule has 106 valence electrons. The van der Waals surface area contributed by atoms with Gasteiger partial charge in [0.1, 0.15) is 0 Å². The molecule has 2 saturated heterocycles. The van der Waals surface area contributed by atoms with Crippen molar-refractivity contribution in [3.63, 3.8) is 0 Å². The van der Waals surface area contributed by atoms with Gasteiger partial charge in [-0.25, -0.2) is 5.56 Å². The summed E-state index contributed by atoms with van der Waals surface area (Å²) >= 11 is 0. The van der Waals surface area contributed by atoms with Crippen LogP contribution < -0.4 is 5.32 Å². The van der Waals surface area contributed by atoms with Gasteiger partial charge < -0.3 is 15.2 Å². The van der Waals surface area contributed by atoms with E-state index in [9.17, 15) is 4.79 Å². The van der Waals surface area contributed by atoms with E-state index in [0.717, 1.165) is 18.7 Å². The van der Waals surface area contributed by atoms with Crippen molar-refractivity contribution < 1.29 is 35.9 Å². The number of piperidine rings is 1. The van der Waals surface area contributed by atoms with Gasteiger partial charge in [-0.05, 0) is 18.9 Å². The standard InChI is InChI=1S/C16H17N3O.U/c20-16(18-15-12-19-9-7-14(15)11-19)10-17-8-6-13-4-2-1-3-5-13;/h1-5,8,14-15H,7,9,11-12H2,(H,18,20);/q-2;+2. The summed E-state index contributed by atoms with van der Waals surface area (Å²) in [4.78, 5) is 17.9. The fourth-order valence-corrected chi connectivity index (χ4v) is 2.88. The second-order valence-corrected chi connectivity index (χ2v) is 5.27. The molecule has 1 aromatic carbocycles. The second kappa shape index (κ2) is 7.93. The van der Waals surface area contributed by atoms with E-state index in [-0.39, 0.29) is 43.1 Å². The Morgan fingerprint density at radius 1 is 1.33 bits per heavy atom. The van der Waals surface area contributed by atoms with Crippen LogP contribution in [0.4, 0.5) is 0 Å². The van der Waals surface area contributed by atoms with E-state index in [1.54, 1.807) is 0 Å². The van der Waals surface area contributed by atoms with Crippen LogP contribution in [0, 0.1) is 43.1 Å². The predicted molar refractivity (Wildman–Crippen MR) is 77.3 cm³/mol. The van der Waals surface area contributed by atoms with Gasteiger partial charge in [-0.15, -0.1) is 12.1 Å². The number of hydrogen-bond acceptors (Lipinski definition) is 3. The molecule has 0 aliphatic carbocycles. The van der Waals surface area contributed by atoms with Crippen LogP contribution in [0.1, 0.15) is 12.0 Å². The van der Waals surface area contributed by atoms with Gasteiger partial charge in [-0.1, -0.05) is 12.3 Å². The molecule has 2 bridgehead atoms. The quantitative estimate of drug-likeness (QED) is 0.493. The molecule has 5 heteroatoms. The Morgan fingerprint density at radius 3 is 2.81 bits per heavy atom. The molecule has 3 rings (SSSR count). The molecule has 3 atom stereocenters. The summed E-state index contributed by atoms with van der Waals surface area (Å²) in [6.45, 7) is 3.25. The molecule has 2 fully saturated rings. The Labute approximate surface area is 149 Å². The van der Waals surface area contributed by atoms with E-state index in [1.807, 2.05) is 30.3 Å². The first kappa shape index (κ1) is 16.5. The third-order valence-corrected chi connectivity index (χ3v) is 3.88. The van der Waals surface area contributed by atoms with Crippen molar-refractivity contribution in [3.8, 4) is 0 Å². The van der Waals surface area contributed by atoms with Crippen LogP contribution in [0.25, 0.3) is 0 Å². The number of rotatable bonds is 4. The summed E-state index contributed by atoms with van der Waals surface area (Å²) in [7, 11) is 0. The molecule has 0 aromatic heterocycles. The van der Waals surface area contributed by atoms with Gasteiger partial charge in [0, 0.05) is 19.1 Å². The van der Waals surface area contributed by atoms with Crippen LogP contribution >= 0.6 is 0 Å². The van der Waals surface area contributed by atoms with E-state index in [1.165, 1.54) is 19.2 Å². The molecule has 0 radical (unpaired) electrons. The fourth-order valence-electron chi connectivity index (χ4n) is 2.88. The topological polar surface area (TPSA) is 44.7 Å². The summed E-state index contributed by atoms with van der Waals surface area (Å²) in [6, 6.07) is 9.92. The summed E-state index contributed by atoms with van der Waals surface area (Å²) < 4.78 is 0. The molecule has 2 aliphatic heterocycles. The summed E-state index contributed by atoms with van der Waals surface area (Å²) in [6.07, 6.45) is 8.11. The van der Waals surface area contributed by atoms with Gasteiger partial charge >= 0.3 is 31.1 Å². The van der Waals surface area contributed by atoms with Gasteiger partial charge in [0.25, 0.3) is 0 Å². The monoisotopic (exact) mass is 505 g/mol. The Balaban J connectivity index is 0.00000161. The zero-order valence-electron chi connectivity index (χ0n) is 11.7. The number of nitrogens with one attached hydrogen (secondary N) is 1. The van der Waals surface area contributed by atoms with Gasteiger partial charge in [0.15, 0.2) is 5.91 Å². The largest absolute Gasteiger partial charge is 2.00 e. The van der Waals surface area contributed by atoms with Crippen LogP contribution in [0.5, 0.6) is 0 Å². The summed E-state index contributed by atoms with van der Waals surface area (Å²) in [5, 5.41) is 2.98. The number of benzene rings is 1. The van der Waals surface area contributed by atoms with Gasteiger partial charge in [0.2, 0.25) is 0 Å². The van der Waals surface area contributed by atoms with E-state index < -0.39 is 0 Å². The van der Waals surface area contributed by atoms with E-state index in [2.05, 4.69) is 27.5 Å². The number of carbonyl (C=O) groups is 1. The zero-order chi connectivity index (χ0) is 13.8. The zero-order valence-corrected chi connectivity index (χ0v) is 15.9. The smallest absolute Gasteiger partial charge is 0.467 e. The Kier molecular flexibility index (Phi) is 6.23. The molecule has 1 aromatic rings. The number of aliphatic imine (C=N–C) groups is 1. The van der Waals surface area contributed by atoms with E-state index in [0.29, 0.717) is 5.92 Å². The Hall–Kier alpha value is -0.888. The SMILES string of the molecule is O=C([C-]=NC=[C-]c1ccccc1)NC1CN2CCC1C2.[U+2]. The molecule has 21 heavy (non-hydrogen) atoms. The van der Waals surface area contributed by atoms with Crippen molar-refractivity contribution in [1.82, 2.24) is 10.2 Å². The van der Waals surface area contributed by atoms with Crippen molar-refractivity contribution >= 4 is 12.1 Å². The first-order valence-corrected chi connectivity index (χ1v) is 6.93. The minimum absolute atomic E-state index is 0. The van der Waals surface area contributed by atoms with Crippen molar-refractivity contribution in [2.24, 2.45) is 10.9 Å². The van der Waals surface area contributed by atoms with Crippen LogP contribution in [-0.4, -0.2) is 42.7 Å². The normalized spacial score (nSPS) is 27.1. The number of fused-ring (bicyclic) bond motifs is 2. The van der Waals surface area contributed by atoms with Crippen LogP contribution in [0.2, 0.25) is 0 Å². The number of carbonyl (C=O) groups excluding carboxylic acids is 1. The molecule has 2 aliphatic rings. The summed E-state index contributed by atoms with van der Waals surface area (Å²) in [5.41, 5.74) is 0.930. The van der Waals surface area contributed by atoms with Crippen LogP contribution in [0.15, 0.2) is 41.5 Å². The maximum atomic E-state index is 11.7. The molecule has 1 N–H and O–H groups in total. The minimum Gasteiger partial charge on any atom is -0.467 e. The van der Waals surface area contributed by atoms with Gasteiger partial charge in [-0.2, -0.15) is 18.3 Å². The average Bonchev–Trinajstić information content (AvgIpc) is 3.07. The fraction of sp³-hybridized carbons (Fsp3) is 0.375. The molecule has 0 saturated carbocycles. The van der Waals surface area contributed by atoms with Gasteiger partial charge in [0.05, 0.1) is 0 Å². The first-order chi connectivity index (χ1) is 9.81. The van der Waals surface area contributed by atoms with Crippen LogP contribution in [0.3, 0.4) is 0 Å². The first-order valence-electron chi connectivity index (χ1n) is 6.93. The maximum Gasteiger partial charge on any atom is 2.00 e. The number of nitrogens with zero attached hydrogens (tertiary/aromatic N) is 2. The van der Waals surface area contributed by atoms with E-state index >= 15 is 0 Å². The Bertz CT molecular complexity index is 530. The van der Waals surface area contributed by atoms with E-state index in [4.69, 9.17) is 0 Å². The molecular weight excluding hydrogens is 488 g/mol. The van der Waals surface area contributed by atoms with Gasteiger partial charge in [-0.3, -0.25) is 10.9 Å². The van der Waals surface area contributed by atoms with Crippen molar-refractivity contribution in [2.75, 3.05) is 19.6 Å². The minimum atomic E-state index is -0.241.